The van der Waals surface area contributed by atoms with Crippen LogP contribution in [0, 0.1) is 0 Å². The molecule has 0 unspecified atom stereocenters. The summed E-state index contributed by atoms with van der Waals surface area (Å²) < 4.78 is 0. The fourth-order valence-corrected chi connectivity index (χ4v) is 3.21. The fraction of sp³-hybridized carbons (Fsp3) is 0.556. The highest BCUT2D eigenvalue weighted by molar-refractivity contribution is 5.84. The minimum Gasteiger partial charge on any atom is -0.372 e. The van der Waals surface area contributed by atoms with Crippen molar-refractivity contribution >= 4 is 17.6 Å². The first-order chi connectivity index (χ1) is 11.6. The smallest absolute Gasteiger partial charge is 0.315 e. The van der Waals surface area contributed by atoms with E-state index in [0.717, 1.165) is 31.4 Å². The van der Waals surface area contributed by atoms with Crippen LogP contribution in [-0.2, 0) is 11.3 Å². The van der Waals surface area contributed by atoms with E-state index in [0.29, 0.717) is 12.6 Å². The zero-order valence-corrected chi connectivity index (χ0v) is 14.4. The highest BCUT2D eigenvalue weighted by atomic mass is 16.2. The maximum atomic E-state index is 12.7. The van der Waals surface area contributed by atoms with E-state index in [9.17, 15) is 9.59 Å². The first-order valence-electron chi connectivity index (χ1n) is 8.71. The molecule has 1 aromatic rings. The van der Waals surface area contributed by atoms with Crippen molar-refractivity contribution in [3.05, 3.63) is 29.8 Å². The second-order valence-corrected chi connectivity index (χ2v) is 6.69. The molecule has 1 fully saturated rings. The Morgan fingerprint density at radius 3 is 2.71 bits per heavy atom. The van der Waals surface area contributed by atoms with E-state index in [1.807, 2.05) is 17.0 Å². The molecule has 0 radical (unpaired) electrons. The van der Waals surface area contributed by atoms with E-state index < -0.39 is 0 Å². The quantitative estimate of drug-likeness (QED) is 0.883. The van der Waals surface area contributed by atoms with Gasteiger partial charge in [-0.05, 0) is 30.9 Å². The van der Waals surface area contributed by atoms with Gasteiger partial charge in [0.15, 0.2) is 0 Å². The third kappa shape index (κ3) is 3.80. The van der Waals surface area contributed by atoms with Crippen molar-refractivity contribution in [3.8, 4) is 0 Å². The van der Waals surface area contributed by atoms with Crippen LogP contribution in [0.25, 0.3) is 0 Å². The summed E-state index contributed by atoms with van der Waals surface area (Å²) >= 11 is 0. The van der Waals surface area contributed by atoms with Gasteiger partial charge in [0, 0.05) is 37.9 Å². The SMILES string of the molecule is CC[C@H]1CN(C)c2ccccc2CN1C(=O)CNC(=O)NC1CC1. The molecule has 1 heterocycles. The Morgan fingerprint density at radius 2 is 2.00 bits per heavy atom. The van der Waals surface area contributed by atoms with Crippen molar-refractivity contribution in [1.82, 2.24) is 15.5 Å². The van der Waals surface area contributed by atoms with E-state index >= 15 is 0 Å². The third-order valence-electron chi connectivity index (χ3n) is 4.77. The molecule has 0 aromatic heterocycles. The molecule has 1 atom stereocenters. The zero-order valence-electron chi connectivity index (χ0n) is 14.4. The fourth-order valence-electron chi connectivity index (χ4n) is 3.21. The lowest BCUT2D eigenvalue weighted by Crippen LogP contribution is -2.49. The van der Waals surface area contributed by atoms with Gasteiger partial charge >= 0.3 is 6.03 Å². The Labute approximate surface area is 143 Å². The Bertz CT molecular complexity index is 615. The van der Waals surface area contributed by atoms with Gasteiger partial charge in [-0.1, -0.05) is 25.1 Å². The Balaban J connectivity index is 1.67. The van der Waals surface area contributed by atoms with Gasteiger partial charge in [-0.25, -0.2) is 4.79 Å². The van der Waals surface area contributed by atoms with Crippen molar-refractivity contribution in [2.75, 3.05) is 25.0 Å². The number of carbonyl (C=O) groups is 2. The maximum absolute atomic E-state index is 12.7. The van der Waals surface area contributed by atoms with E-state index in [1.54, 1.807) is 0 Å². The van der Waals surface area contributed by atoms with Crippen LogP contribution in [0.4, 0.5) is 10.5 Å². The molecule has 1 aromatic carbocycles. The molecule has 24 heavy (non-hydrogen) atoms. The first-order valence-corrected chi connectivity index (χ1v) is 8.71. The number of anilines is 1. The predicted octanol–water partition coefficient (Wildman–Crippen LogP) is 1.71. The zero-order chi connectivity index (χ0) is 17.1. The van der Waals surface area contributed by atoms with Crippen LogP contribution < -0.4 is 15.5 Å². The van der Waals surface area contributed by atoms with Crippen LogP contribution >= 0.6 is 0 Å². The van der Waals surface area contributed by atoms with Crippen LogP contribution in [-0.4, -0.2) is 49.1 Å². The number of hydrogen-bond donors (Lipinski definition) is 2. The maximum Gasteiger partial charge on any atom is 0.315 e. The normalized spacial score (nSPS) is 20.2. The molecule has 6 nitrogen and oxygen atoms in total. The number of nitrogens with one attached hydrogen (secondary N) is 2. The van der Waals surface area contributed by atoms with Gasteiger partial charge in [0.2, 0.25) is 5.91 Å². The predicted molar refractivity (Wildman–Crippen MR) is 93.9 cm³/mol. The van der Waals surface area contributed by atoms with Gasteiger partial charge in [-0.15, -0.1) is 0 Å². The summed E-state index contributed by atoms with van der Waals surface area (Å²) in [5.74, 6) is -0.0297. The lowest BCUT2D eigenvalue weighted by molar-refractivity contribution is -0.132. The van der Waals surface area contributed by atoms with Crippen LogP contribution in [0.2, 0.25) is 0 Å². The van der Waals surface area contributed by atoms with Crippen molar-refractivity contribution in [2.45, 2.75) is 44.8 Å². The van der Waals surface area contributed by atoms with E-state index in [2.05, 4.69) is 41.6 Å². The molecular weight excluding hydrogens is 304 g/mol. The number of carbonyl (C=O) groups excluding carboxylic acids is 2. The second-order valence-electron chi connectivity index (χ2n) is 6.69. The molecule has 6 heteroatoms. The average Bonchev–Trinajstić information content (AvgIpc) is 3.40. The number of benzene rings is 1. The third-order valence-corrected chi connectivity index (χ3v) is 4.77. The largest absolute Gasteiger partial charge is 0.372 e. The summed E-state index contributed by atoms with van der Waals surface area (Å²) in [5, 5.41) is 5.54. The van der Waals surface area contributed by atoms with Gasteiger partial charge in [-0.3, -0.25) is 4.79 Å². The standard InChI is InChI=1S/C18H26N4O2/c1-3-15-12-21(2)16-7-5-4-6-13(16)11-22(15)17(23)10-19-18(24)20-14-8-9-14/h4-7,14-15H,3,8-12H2,1-2H3,(H2,19,20,24)/t15-/m0/s1. The number of amides is 3. The monoisotopic (exact) mass is 330 g/mol. The molecular formula is C18H26N4O2. The van der Waals surface area contributed by atoms with E-state index in [4.69, 9.17) is 0 Å². The summed E-state index contributed by atoms with van der Waals surface area (Å²) in [5.41, 5.74) is 2.32. The lowest BCUT2D eigenvalue weighted by atomic mass is 10.1. The first kappa shape index (κ1) is 16.6. The molecule has 2 aliphatic rings. The van der Waals surface area contributed by atoms with Crippen LogP contribution in [0.5, 0.6) is 0 Å². The van der Waals surface area contributed by atoms with Crippen molar-refractivity contribution in [3.63, 3.8) is 0 Å². The molecule has 0 saturated heterocycles. The number of rotatable bonds is 4. The molecule has 2 N–H and O–H groups in total. The molecule has 0 bridgehead atoms. The summed E-state index contributed by atoms with van der Waals surface area (Å²) in [6.07, 6.45) is 2.96. The highest BCUT2D eigenvalue weighted by Gasteiger charge is 2.29. The number of urea groups is 1. The van der Waals surface area contributed by atoms with Crippen molar-refractivity contribution < 1.29 is 9.59 Å². The summed E-state index contributed by atoms with van der Waals surface area (Å²) in [6.45, 7) is 3.53. The molecule has 1 saturated carbocycles. The molecule has 3 rings (SSSR count). The average molecular weight is 330 g/mol. The highest BCUT2D eigenvalue weighted by Crippen LogP contribution is 2.27. The minimum atomic E-state index is -0.244. The number of likely N-dealkylation sites (N-methyl/N-ethyl adjacent to an activating group) is 1. The summed E-state index contributed by atoms with van der Waals surface area (Å²) in [4.78, 5) is 28.6. The Kier molecular flexibility index (Phi) is 4.92. The molecule has 3 amide bonds. The van der Waals surface area contributed by atoms with E-state index in [-0.39, 0.29) is 24.5 Å². The Morgan fingerprint density at radius 1 is 1.25 bits per heavy atom. The second kappa shape index (κ2) is 7.11. The van der Waals surface area contributed by atoms with Gasteiger partial charge in [0.25, 0.3) is 0 Å². The number of para-hydroxylation sites is 1. The van der Waals surface area contributed by atoms with Gasteiger partial charge in [0.1, 0.15) is 0 Å². The number of nitrogens with zero attached hydrogens (tertiary/aromatic N) is 2. The van der Waals surface area contributed by atoms with Crippen LogP contribution in [0.1, 0.15) is 31.7 Å². The number of fused-ring (bicyclic) bond motifs is 1. The van der Waals surface area contributed by atoms with Crippen LogP contribution in [0.15, 0.2) is 24.3 Å². The topological polar surface area (TPSA) is 64.7 Å². The Hall–Kier alpha value is -2.24. The van der Waals surface area contributed by atoms with Crippen LogP contribution in [0.3, 0.4) is 0 Å². The van der Waals surface area contributed by atoms with Gasteiger partial charge in [-0.2, -0.15) is 0 Å². The van der Waals surface area contributed by atoms with Crippen molar-refractivity contribution in [1.29, 1.82) is 0 Å². The van der Waals surface area contributed by atoms with Crippen molar-refractivity contribution in [2.24, 2.45) is 0 Å². The summed E-state index contributed by atoms with van der Waals surface area (Å²) in [7, 11) is 2.07. The lowest BCUT2D eigenvalue weighted by Gasteiger charge is -2.30. The molecule has 1 aliphatic heterocycles. The summed E-state index contributed by atoms with van der Waals surface area (Å²) in [6, 6.07) is 8.38. The molecule has 0 spiro atoms. The number of hydrogen-bond acceptors (Lipinski definition) is 3. The minimum absolute atomic E-state index is 0.0297. The van der Waals surface area contributed by atoms with E-state index in [1.165, 1.54) is 5.69 Å². The molecule has 130 valence electrons. The van der Waals surface area contributed by atoms with Gasteiger partial charge < -0.3 is 20.4 Å². The molecule has 1 aliphatic carbocycles. The van der Waals surface area contributed by atoms with Gasteiger partial charge in [0.05, 0.1) is 6.54 Å².